The molecule has 144 valence electrons. The zero-order chi connectivity index (χ0) is 19.4. The monoisotopic (exact) mass is 406 g/mol. The second-order valence-electron chi connectivity index (χ2n) is 6.70. The summed E-state index contributed by atoms with van der Waals surface area (Å²) in [6.45, 7) is 2.68. The van der Waals surface area contributed by atoms with Crippen LogP contribution in [0.2, 0.25) is 5.02 Å². The van der Waals surface area contributed by atoms with E-state index in [0.29, 0.717) is 24.4 Å². The van der Waals surface area contributed by atoms with Gasteiger partial charge in [0.2, 0.25) is 15.9 Å². The molecule has 0 aromatic heterocycles. The number of sulfonamides is 1. The highest BCUT2D eigenvalue weighted by Gasteiger charge is 2.33. The van der Waals surface area contributed by atoms with E-state index in [4.69, 9.17) is 11.6 Å². The van der Waals surface area contributed by atoms with Crippen LogP contribution in [0.25, 0.3) is 0 Å². The molecule has 1 atom stereocenters. The van der Waals surface area contributed by atoms with Gasteiger partial charge in [0.05, 0.1) is 10.8 Å². The summed E-state index contributed by atoms with van der Waals surface area (Å²) in [6, 6.07) is 13.8. The Kier molecular flexibility index (Phi) is 6.19. The summed E-state index contributed by atoms with van der Waals surface area (Å²) >= 11 is 5.85. The maximum absolute atomic E-state index is 12.8. The average molecular weight is 407 g/mol. The van der Waals surface area contributed by atoms with Gasteiger partial charge in [-0.05, 0) is 61.2 Å². The standard InChI is InChI=1S/C20H23ClN2O3S/c1-2-15-5-9-18(10-6-15)22-20(24)16-4-3-13-23(14-16)27(25,26)19-11-7-17(21)8-12-19/h5-12,16H,2-4,13-14H2,1H3,(H,22,24). The highest BCUT2D eigenvalue weighted by atomic mass is 35.5. The third-order valence-electron chi connectivity index (χ3n) is 4.84. The smallest absolute Gasteiger partial charge is 0.243 e. The first kappa shape index (κ1) is 19.9. The fourth-order valence-electron chi connectivity index (χ4n) is 3.20. The van der Waals surface area contributed by atoms with E-state index in [9.17, 15) is 13.2 Å². The van der Waals surface area contributed by atoms with Gasteiger partial charge >= 0.3 is 0 Å². The molecule has 1 fully saturated rings. The number of rotatable bonds is 5. The Morgan fingerprint density at radius 3 is 2.44 bits per heavy atom. The fourth-order valence-corrected chi connectivity index (χ4v) is 4.85. The molecule has 1 N–H and O–H groups in total. The SMILES string of the molecule is CCc1ccc(NC(=O)C2CCCN(S(=O)(=O)c3ccc(Cl)cc3)C2)cc1. The number of amides is 1. The van der Waals surface area contributed by atoms with Crippen molar-refractivity contribution in [3.63, 3.8) is 0 Å². The first-order valence-corrected chi connectivity index (χ1v) is 10.9. The average Bonchev–Trinajstić information content (AvgIpc) is 2.69. The number of halogens is 1. The number of hydrogen-bond acceptors (Lipinski definition) is 3. The largest absolute Gasteiger partial charge is 0.326 e. The molecule has 27 heavy (non-hydrogen) atoms. The number of carbonyl (C=O) groups is 1. The van der Waals surface area contributed by atoms with Gasteiger partial charge in [0, 0.05) is 23.8 Å². The predicted octanol–water partition coefficient (Wildman–Crippen LogP) is 3.94. The number of carbonyl (C=O) groups excluding carboxylic acids is 1. The molecule has 0 spiro atoms. The van der Waals surface area contributed by atoms with E-state index in [1.807, 2.05) is 24.3 Å². The lowest BCUT2D eigenvalue weighted by Gasteiger charge is -2.31. The quantitative estimate of drug-likeness (QED) is 0.817. The third kappa shape index (κ3) is 4.69. The minimum Gasteiger partial charge on any atom is -0.326 e. The zero-order valence-electron chi connectivity index (χ0n) is 15.2. The van der Waals surface area contributed by atoms with E-state index < -0.39 is 10.0 Å². The molecule has 7 heteroatoms. The summed E-state index contributed by atoms with van der Waals surface area (Å²) in [7, 11) is -3.63. The molecule has 1 amide bonds. The van der Waals surface area contributed by atoms with Crippen LogP contribution in [0.1, 0.15) is 25.3 Å². The fraction of sp³-hybridized carbons (Fsp3) is 0.350. The molecule has 1 saturated heterocycles. The summed E-state index contributed by atoms with van der Waals surface area (Å²) in [4.78, 5) is 12.8. The number of nitrogens with one attached hydrogen (secondary N) is 1. The van der Waals surface area contributed by atoms with Gasteiger partial charge in [-0.3, -0.25) is 4.79 Å². The lowest BCUT2D eigenvalue weighted by atomic mass is 9.98. The van der Waals surface area contributed by atoms with Gasteiger partial charge in [0.25, 0.3) is 0 Å². The number of hydrogen-bond donors (Lipinski definition) is 1. The van der Waals surface area contributed by atoms with Crippen LogP contribution in [-0.4, -0.2) is 31.7 Å². The summed E-state index contributed by atoms with van der Waals surface area (Å²) in [5.41, 5.74) is 1.93. The Hall–Kier alpha value is -1.89. The highest BCUT2D eigenvalue weighted by Crippen LogP contribution is 2.25. The van der Waals surface area contributed by atoms with Crippen molar-refractivity contribution in [2.24, 2.45) is 5.92 Å². The minimum absolute atomic E-state index is 0.143. The zero-order valence-corrected chi connectivity index (χ0v) is 16.8. The molecule has 2 aromatic rings. The number of nitrogens with zero attached hydrogens (tertiary/aromatic N) is 1. The van der Waals surface area contributed by atoms with Crippen LogP contribution in [0, 0.1) is 5.92 Å². The van der Waals surface area contributed by atoms with Crippen molar-refractivity contribution >= 4 is 33.2 Å². The number of anilines is 1. The van der Waals surface area contributed by atoms with Crippen LogP contribution in [-0.2, 0) is 21.2 Å². The molecule has 0 aliphatic carbocycles. The van der Waals surface area contributed by atoms with Gasteiger partial charge in [0.15, 0.2) is 0 Å². The van der Waals surface area contributed by atoms with Gasteiger partial charge in [-0.15, -0.1) is 0 Å². The van der Waals surface area contributed by atoms with Gasteiger partial charge in [-0.1, -0.05) is 30.7 Å². The lowest BCUT2D eigenvalue weighted by Crippen LogP contribution is -2.43. The molecule has 3 rings (SSSR count). The van der Waals surface area contributed by atoms with Gasteiger partial charge in [-0.25, -0.2) is 8.42 Å². The van der Waals surface area contributed by atoms with Crippen LogP contribution in [0.15, 0.2) is 53.4 Å². The number of benzene rings is 2. The van der Waals surface area contributed by atoms with Crippen molar-refractivity contribution in [2.75, 3.05) is 18.4 Å². The van der Waals surface area contributed by atoms with Crippen LogP contribution in [0.5, 0.6) is 0 Å². The molecule has 1 unspecified atom stereocenters. The van der Waals surface area contributed by atoms with Crippen LogP contribution < -0.4 is 5.32 Å². The molecule has 2 aromatic carbocycles. The summed E-state index contributed by atoms with van der Waals surface area (Å²) in [6.07, 6.45) is 2.26. The molecular formula is C20H23ClN2O3S. The van der Waals surface area contributed by atoms with Crippen molar-refractivity contribution in [1.82, 2.24) is 4.31 Å². The molecular weight excluding hydrogens is 384 g/mol. The predicted molar refractivity (Wildman–Crippen MR) is 107 cm³/mol. The maximum atomic E-state index is 12.8. The van der Waals surface area contributed by atoms with Gasteiger partial charge < -0.3 is 5.32 Å². The molecule has 1 aliphatic rings. The summed E-state index contributed by atoms with van der Waals surface area (Å²) in [5.74, 6) is -0.512. The van der Waals surface area contributed by atoms with Crippen LogP contribution >= 0.6 is 11.6 Å². The third-order valence-corrected chi connectivity index (χ3v) is 6.97. The Morgan fingerprint density at radius 1 is 1.15 bits per heavy atom. The van der Waals surface area contributed by atoms with Crippen molar-refractivity contribution in [2.45, 2.75) is 31.1 Å². The second kappa shape index (κ2) is 8.42. The van der Waals surface area contributed by atoms with Crippen molar-refractivity contribution in [3.8, 4) is 0 Å². The topological polar surface area (TPSA) is 66.5 Å². The van der Waals surface area contributed by atoms with Crippen LogP contribution in [0.4, 0.5) is 5.69 Å². The molecule has 0 bridgehead atoms. The van der Waals surface area contributed by atoms with E-state index >= 15 is 0 Å². The van der Waals surface area contributed by atoms with E-state index in [1.54, 1.807) is 12.1 Å². The Bertz CT molecular complexity index is 896. The summed E-state index contributed by atoms with van der Waals surface area (Å²) in [5, 5.41) is 3.39. The van der Waals surface area contributed by atoms with E-state index in [0.717, 1.165) is 12.1 Å². The first-order valence-electron chi connectivity index (χ1n) is 9.05. The van der Waals surface area contributed by atoms with Crippen molar-refractivity contribution in [3.05, 3.63) is 59.1 Å². The molecule has 0 saturated carbocycles. The van der Waals surface area contributed by atoms with Crippen LogP contribution in [0.3, 0.4) is 0 Å². The van der Waals surface area contributed by atoms with Gasteiger partial charge in [-0.2, -0.15) is 4.31 Å². The number of aryl methyl sites for hydroxylation is 1. The normalized spacial score (nSPS) is 18.2. The minimum atomic E-state index is -3.63. The van der Waals surface area contributed by atoms with E-state index in [2.05, 4.69) is 12.2 Å². The van der Waals surface area contributed by atoms with Gasteiger partial charge in [0.1, 0.15) is 0 Å². The molecule has 1 aliphatic heterocycles. The highest BCUT2D eigenvalue weighted by molar-refractivity contribution is 7.89. The number of piperidine rings is 1. The second-order valence-corrected chi connectivity index (χ2v) is 9.07. The molecule has 1 heterocycles. The van der Waals surface area contributed by atoms with E-state index in [-0.39, 0.29) is 23.3 Å². The molecule has 0 radical (unpaired) electrons. The molecule has 5 nitrogen and oxygen atoms in total. The summed E-state index contributed by atoms with van der Waals surface area (Å²) < 4.78 is 27.1. The van der Waals surface area contributed by atoms with E-state index in [1.165, 1.54) is 22.0 Å². The van der Waals surface area contributed by atoms with Crippen molar-refractivity contribution in [1.29, 1.82) is 0 Å². The Labute approximate surface area is 165 Å². The first-order chi connectivity index (χ1) is 12.9. The maximum Gasteiger partial charge on any atom is 0.243 e. The Balaban J connectivity index is 1.69. The van der Waals surface area contributed by atoms with Crippen molar-refractivity contribution < 1.29 is 13.2 Å². The lowest BCUT2D eigenvalue weighted by molar-refractivity contribution is -0.120. The Morgan fingerprint density at radius 2 is 1.81 bits per heavy atom.